The molecule has 2 N–H and O–H groups in total. The molecule has 156 valence electrons. The number of hydrogen-bond acceptors (Lipinski definition) is 7. The fourth-order valence-corrected chi connectivity index (χ4v) is 3.84. The molecule has 4 rings (SSSR count). The van der Waals surface area contributed by atoms with Crippen molar-refractivity contribution in [2.24, 2.45) is 0 Å². The summed E-state index contributed by atoms with van der Waals surface area (Å²) in [5.74, 6) is 0.369. The molecule has 3 heterocycles. The summed E-state index contributed by atoms with van der Waals surface area (Å²) in [6, 6.07) is 8.98. The average Bonchev–Trinajstić information content (AvgIpc) is 3.24. The Bertz CT molecular complexity index is 1090. The van der Waals surface area contributed by atoms with Gasteiger partial charge in [-0.15, -0.1) is 5.10 Å². The lowest BCUT2D eigenvalue weighted by Gasteiger charge is -2.28. The van der Waals surface area contributed by atoms with Gasteiger partial charge in [-0.2, -0.15) is 5.10 Å². The van der Waals surface area contributed by atoms with Crippen LogP contribution in [0.5, 0.6) is 0 Å². The molecule has 0 bridgehead atoms. The number of methoxy groups -OCH3 is 1. The molecule has 1 aliphatic rings. The Hall–Kier alpha value is -2.62. The number of nitrogens with zero attached hydrogens (tertiary/aromatic N) is 4. The van der Waals surface area contributed by atoms with Crippen LogP contribution in [0.25, 0.3) is 10.9 Å². The van der Waals surface area contributed by atoms with Crippen LogP contribution in [-0.4, -0.2) is 45.7 Å². The number of fused-ring (bicyclic) bond motifs is 3. The van der Waals surface area contributed by atoms with Gasteiger partial charge in [-0.1, -0.05) is 0 Å². The largest absolute Gasteiger partial charge is 0.383 e. The number of nitrogen functional groups attached to an aromatic ring is 1. The highest BCUT2D eigenvalue weighted by Crippen LogP contribution is 2.32. The highest BCUT2D eigenvalue weighted by molar-refractivity contribution is 9.10. The summed E-state index contributed by atoms with van der Waals surface area (Å²) in [5, 5.41) is 9.09. The second-order valence-corrected chi connectivity index (χ2v) is 8.08. The number of carbonyl (C=O) groups is 1. The van der Waals surface area contributed by atoms with Crippen LogP contribution in [0.15, 0.2) is 34.9 Å². The first-order valence-electron chi connectivity index (χ1n) is 9.54. The van der Waals surface area contributed by atoms with Crippen LogP contribution in [0.4, 0.5) is 5.82 Å². The van der Waals surface area contributed by atoms with E-state index in [1.165, 1.54) is 0 Å². The van der Waals surface area contributed by atoms with E-state index in [0.29, 0.717) is 48.0 Å². The van der Waals surface area contributed by atoms with Crippen LogP contribution in [0.3, 0.4) is 0 Å². The van der Waals surface area contributed by atoms with Crippen LogP contribution < -0.4 is 5.73 Å². The molecular weight excluding hydrogens is 450 g/mol. The molecule has 1 amide bonds. The zero-order valence-electron chi connectivity index (χ0n) is 16.8. The summed E-state index contributed by atoms with van der Waals surface area (Å²) in [4.78, 5) is 19.7. The van der Waals surface area contributed by atoms with E-state index in [1.807, 2.05) is 25.1 Å². The minimum Gasteiger partial charge on any atom is -0.383 e. The predicted octanol–water partition coefficient (Wildman–Crippen LogP) is 3.08. The highest BCUT2D eigenvalue weighted by Gasteiger charge is 2.25. The Kier molecular flexibility index (Phi) is 5.94. The van der Waals surface area contributed by atoms with Gasteiger partial charge in [0, 0.05) is 23.6 Å². The topological polar surface area (TPSA) is 103 Å². The van der Waals surface area contributed by atoms with Crippen molar-refractivity contribution in [3.63, 3.8) is 0 Å². The van der Waals surface area contributed by atoms with Crippen LogP contribution in [0, 0.1) is 0 Å². The number of aromatic nitrogens is 3. The zero-order valence-corrected chi connectivity index (χ0v) is 18.3. The smallest absolute Gasteiger partial charge is 0.254 e. The molecule has 0 unspecified atom stereocenters. The molecule has 1 atom stereocenters. The third kappa shape index (κ3) is 4.00. The van der Waals surface area contributed by atoms with Crippen molar-refractivity contribution in [1.29, 1.82) is 0 Å². The Labute approximate surface area is 182 Å². The minimum atomic E-state index is -0.151. The van der Waals surface area contributed by atoms with Crippen molar-refractivity contribution in [3.8, 4) is 0 Å². The Morgan fingerprint density at radius 1 is 1.27 bits per heavy atom. The molecule has 3 aromatic rings. The maximum atomic E-state index is 13.5. The number of pyridine rings is 1. The van der Waals surface area contributed by atoms with Crippen LogP contribution in [0.1, 0.15) is 34.1 Å². The number of anilines is 1. The minimum absolute atomic E-state index is 0.115. The first kappa shape index (κ1) is 20.6. The maximum absolute atomic E-state index is 13.5. The molecule has 0 aliphatic carbocycles. The number of amides is 1. The molecule has 0 saturated heterocycles. The van der Waals surface area contributed by atoms with Gasteiger partial charge in [0.2, 0.25) is 0 Å². The van der Waals surface area contributed by atoms with Crippen molar-refractivity contribution in [3.05, 3.63) is 57.3 Å². The lowest BCUT2D eigenvalue weighted by atomic mass is 10.0. The molecule has 1 aromatic carbocycles. The van der Waals surface area contributed by atoms with Gasteiger partial charge in [0.15, 0.2) is 0 Å². The van der Waals surface area contributed by atoms with Crippen molar-refractivity contribution in [1.82, 2.24) is 20.1 Å². The van der Waals surface area contributed by atoms with Gasteiger partial charge in [-0.25, -0.2) is 4.98 Å². The van der Waals surface area contributed by atoms with E-state index < -0.39 is 0 Å². The molecule has 0 radical (unpaired) electrons. The number of nitrogens with two attached hydrogens (primary N) is 1. The molecule has 0 saturated carbocycles. The van der Waals surface area contributed by atoms with Gasteiger partial charge >= 0.3 is 0 Å². The summed E-state index contributed by atoms with van der Waals surface area (Å²) in [5.41, 5.74) is 9.98. The fourth-order valence-electron chi connectivity index (χ4n) is 3.63. The molecule has 8 nitrogen and oxygen atoms in total. The fraction of sp³-hybridized carbons (Fsp3) is 0.333. The van der Waals surface area contributed by atoms with Crippen molar-refractivity contribution >= 4 is 38.6 Å². The van der Waals surface area contributed by atoms with Gasteiger partial charge in [0.25, 0.3) is 5.91 Å². The molecule has 2 aromatic heterocycles. The van der Waals surface area contributed by atoms with Crippen LogP contribution >= 0.6 is 15.9 Å². The van der Waals surface area contributed by atoms with E-state index >= 15 is 0 Å². The molecule has 30 heavy (non-hydrogen) atoms. The average molecular weight is 472 g/mol. The lowest BCUT2D eigenvalue weighted by molar-refractivity contribution is 0.0538. The third-order valence-corrected chi connectivity index (χ3v) is 5.62. The SMILES string of the molecule is COC[C@@H](C)N(Cc1ccc(Br)nn1)C(=O)c1ccc2nc(N)c3c(c2c1)COC3. The van der Waals surface area contributed by atoms with E-state index in [9.17, 15) is 4.79 Å². The van der Waals surface area contributed by atoms with Gasteiger partial charge in [0.05, 0.1) is 43.6 Å². The van der Waals surface area contributed by atoms with Crippen LogP contribution in [0.2, 0.25) is 0 Å². The van der Waals surface area contributed by atoms with E-state index in [2.05, 4.69) is 31.1 Å². The summed E-state index contributed by atoms with van der Waals surface area (Å²) in [6.45, 7) is 3.59. The van der Waals surface area contributed by atoms with E-state index in [-0.39, 0.29) is 11.9 Å². The van der Waals surface area contributed by atoms with Crippen molar-refractivity contribution < 1.29 is 14.3 Å². The Morgan fingerprint density at radius 2 is 2.07 bits per heavy atom. The maximum Gasteiger partial charge on any atom is 0.254 e. The number of carbonyl (C=O) groups excluding carboxylic acids is 1. The second-order valence-electron chi connectivity index (χ2n) is 7.26. The third-order valence-electron chi connectivity index (χ3n) is 5.20. The quantitative estimate of drug-likeness (QED) is 0.588. The summed E-state index contributed by atoms with van der Waals surface area (Å²) in [7, 11) is 1.62. The number of halogens is 1. The number of hydrogen-bond donors (Lipinski definition) is 1. The van der Waals surface area contributed by atoms with Crippen molar-refractivity contribution in [2.75, 3.05) is 19.5 Å². The molecule has 9 heteroatoms. The standard InChI is InChI=1S/C21H22BrN5O3/c1-12(9-29-2)27(8-14-4-6-19(22)26-25-14)21(28)13-3-5-18-15(7-13)16-10-30-11-17(16)20(23)24-18/h3-7,12H,8-11H2,1-2H3,(H2,23,24)/t12-/m1/s1. The van der Waals surface area contributed by atoms with Gasteiger partial charge < -0.3 is 20.1 Å². The summed E-state index contributed by atoms with van der Waals surface area (Å²) in [6.07, 6.45) is 0. The molecule has 0 spiro atoms. The Balaban J connectivity index is 1.70. The molecular formula is C21H22BrN5O3. The van der Waals surface area contributed by atoms with Gasteiger partial charge in [-0.3, -0.25) is 4.79 Å². The number of benzene rings is 1. The first-order chi connectivity index (χ1) is 14.5. The molecule has 0 fully saturated rings. The summed E-state index contributed by atoms with van der Waals surface area (Å²) < 4.78 is 11.5. The predicted molar refractivity (Wildman–Crippen MR) is 116 cm³/mol. The van der Waals surface area contributed by atoms with E-state index in [1.54, 1.807) is 24.1 Å². The van der Waals surface area contributed by atoms with E-state index in [0.717, 1.165) is 22.0 Å². The van der Waals surface area contributed by atoms with Crippen molar-refractivity contribution in [2.45, 2.75) is 32.7 Å². The highest BCUT2D eigenvalue weighted by atomic mass is 79.9. The Morgan fingerprint density at radius 3 is 2.80 bits per heavy atom. The first-order valence-corrected chi connectivity index (χ1v) is 10.3. The zero-order chi connectivity index (χ0) is 21.3. The number of rotatable bonds is 6. The lowest BCUT2D eigenvalue weighted by Crippen LogP contribution is -2.40. The summed E-state index contributed by atoms with van der Waals surface area (Å²) >= 11 is 3.28. The van der Waals surface area contributed by atoms with Gasteiger partial charge in [-0.05, 0) is 58.7 Å². The second kappa shape index (κ2) is 8.63. The normalized spacial score (nSPS) is 14.0. The molecule has 1 aliphatic heterocycles. The van der Waals surface area contributed by atoms with E-state index in [4.69, 9.17) is 15.2 Å². The monoisotopic (exact) mass is 471 g/mol. The van der Waals surface area contributed by atoms with Gasteiger partial charge in [0.1, 0.15) is 10.4 Å². The number of ether oxygens (including phenoxy) is 2. The van der Waals surface area contributed by atoms with Crippen LogP contribution in [-0.2, 0) is 29.2 Å².